The Morgan fingerprint density at radius 1 is 1.00 bits per heavy atom. The van der Waals surface area contributed by atoms with E-state index in [9.17, 15) is 4.39 Å². The average Bonchev–Trinajstić information content (AvgIpc) is 3.23. The van der Waals surface area contributed by atoms with Gasteiger partial charge in [0.2, 0.25) is 0 Å². The summed E-state index contributed by atoms with van der Waals surface area (Å²) < 4.78 is 25.6. The molecule has 0 aliphatic carbocycles. The van der Waals surface area contributed by atoms with E-state index in [4.69, 9.17) is 9.26 Å². The van der Waals surface area contributed by atoms with Crippen molar-refractivity contribution in [1.29, 1.82) is 0 Å². The molecule has 0 radical (unpaired) electrons. The molecule has 0 N–H and O–H groups in total. The topological polar surface area (TPSA) is 51.4 Å². The molecule has 5 rings (SSSR count). The molecule has 3 heterocycles. The molecule has 156 valence electrons. The molecule has 0 bridgehead atoms. The first kappa shape index (κ1) is 19.5. The van der Waals surface area contributed by atoms with Crippen molar-refractivity contribution in [2.45, 2.75) is 26.1 Å². The van der Waals surface area contributed by atoms with Crippen LogP contribution in [-0.4, -0.2) is 21.6 Å². The number of aromatic nitrogens is 2. The summed E-state index contributed by atoms with van der Waals surface area (Å²) in [6, 6.07) is 20.6. The highest BCUT2D eigenvalue weighted by Gasteiger charge is 2.26. The third kappa shape index (κ3) is 4.34. The van der Waals surface area contributed by atoms with E-state index in [1.165, 1.54) is 11.6 Å². The molecule has 0 spiro atoms. The maximum atomic E-state index is 14.3. The molecular formula is C25H22FN3O2. The first-order valence-corrected chi connectivity index (χ1v) is 10.3. The predicted octanol–water partition coefficient (Wildman–Crippen LogP) is 5.01. The van der Waals surface area contributed by atoms with Crippen molar-refractivity contribution in [3.63, 3.8) is 0 Å². The van der Waals surface area contributed by atoms with Gasteiger partial charge in [0, 0.05) is 43.4 Å². The Bertz CT molecular complexity index is 1160. The van der Waals surface area contributed by atoms with Crippen molar-refractivity contribution < 1.29 is 13.7 Å². The third-order valence-electron chi connectivity index (χ3n) is 5.48. The highest BCUT2D eigenvalue weighted by Crippen LogP contribution is 2.32. The van der Waals surface area contributed by atoms with E-state index < -0.39 is 0 Å². The molecule has 1 aliphatic rings. The van der Waals surface area contributed by atoms with Gasteiger partial charge in [-0.2, -0.15) is 0 Å². The normalized spacial score (nSPS) is 13.7. The molecular weight excluding hydrogens is 393 g/mol. The smallest absolute Gasteiger partial charge is 0.143 e. The number of ether oxygens (including phenoxy) is 1. The molecule has 31 heavy (non-hydrogen) atoms. The van der Waals surface area contributed by atoms with E-state index in [1.807, 2.05) is 36.4 Å². The van der Waals surface area contributed by atoms with Gasteiger partial charge in [-0.3, -0.25) is 9.88 Å². The molecule has 5 nitrogen and oxygen atoms in total. The Balaban J connectivity index is 1.24. The number of hydrogen-bond acceptors (Lipinski definition) is 5. The lowest BCUT2D eigenvalue weighted by Crippen LogP contribution is -2.29. The summed E-state index contributed by atoms with van der Waals surface area (Å²) in [7, 11) is 0. The number of fused-ring (bicyclic) bond motifs is 1. The zero-order valence-electron chi connectivity index (χ0n) is 17.0. The fourth-order valence-electron chi connectivity index (χ4n) is 3.85. The minimum absolute atomic E-state index is 0.281. The summed E-state index contributed by atoms with van der Waals surface area (Å²) in [5, 5.41) is 4.16. The standard InChI is InChI=1S/C25H22FN3O2/c26-23-7-2-1-6-21(23)25-22-16-29(14-12-24(22)31-28-25)15-18-8-10-20(11-9-18)30-17-19-5-3-4-13-27-19/h1-11,13H,12,14-17H2. The Kier molecular flexibility index (Phi) is 5.46. The number of benzene rings is 2. The lowest BCUT2D eigenvalue weighted by Gasteiger charge is -2.26. The van der Waals surface area contributed by atoms with Crippen molar-refractivity contribution in [2.24, 2.45) is 0 Å². The van der Waals surface area contributed by atoms with Gasteiger partial charge in [0.05, 0.1) is 5.69 Å². The quantitative estimate of drug-likeness (QED) is 0.443. The number of nitrogens with zero attached hydrogens (tertiary/aromatic N) is 3. The number of pyridine rings is 1. The number of rotatable bonds is 6. The maximum absolute atomic E-state index is 14.3. The second-order valence-corrected chi connectivity index (χ2v) is 7.63. The summed E-state index contributed by atoms with van der Waals surface area (Å²) in [5.74, 6) is 1.39. The second-order valence-electron chi connectivity index (χ2n) is 7.63. The van der Waals surface area contributed by atoms with Gasteiger partial charge in [0.25, 0.3) is 0 Å². The summed E-state index contributed by atoms with van der Waals surface area (Å²) >= 11 is 0. The van der Waals surface area contributed by atoms with Gasteiger partial charge in [-0.05, 0) is 42.0 Å². The Morgan fingerprint density at radius 2 is 1.84 bits per heavy atom. The van der Waals surface area contributed by atoms with Crippen molar-refractivity contribution in [2.75, 3.05) is 6.54 Å². The molecule has 1 aliphatic heterocycles. The third-order valence-corrected chi connectivity index (χ3v) is 5.48. The zero-order valence-corrected chi connectivity index (χ0v) is 17.0. The van der Waals surface area contributed by atoms with Gasteiger partial charge in [-0.25, -0.2) is 4.39 Å². The highest BCUT2D eigenvalue weighted by atomic mass is 19.1. The van der Waals surface area contributed by atoms with Crippen LogP contribution in [-0.2, 0) is 26.1 Å². The van der Waals surface area contributed by atoms with Gasteiger partial charge >= 0.3 is 0 Å². The van der Waals surface area contributed by atoms with Crippen molar-refractivity contribution >= 4 is 0 Å². The SMILES string of the molecule is Fc1ccccc1-c1noc2c1CN(Cc1ccc(OCc3ccccn3)cc1)CC2. The first-order chi connectivity index (χ1) is 15.3. The molecule has 4 aromatic rings. The van der Waals surface area contributed by atoms with Gasteiger partial charge in [0.15, 0.2) is 0 Å². The summed E-state index contributed by atoms with van der Waals surface area (Å²) in [5.41, 5.74) is 4.17. The molecule has 2 aromatic heterocycles. The second kappa shape index (κ2) is 8.70. The molecule has 0 unspecified atom stereocenters. The fraction of sp³-hybridized carbons (Fsp3) is 0.200. The summed E-state index contributed by atoms with van der Waals surface area (Å²) in [6.45, 7) is 2.79. The molecule has 0 fully saturated rings. The van der Waals surface area contributed by atoms with Crippen LogP contribution in [0, 0.1) is 5.82 Å². The Labute approximate surface area is 180 Å². The van der Waals surface area contributed by atoms with E-state index in [-0.39, 0.29) is 5.82 Å². The Hall–Kier alpha value is -3.51. The Morgan fingerprint density at radius 3 is 2.65 bits per heavy atom. The largest absolute Gasteiger partial charge is 0.487 e. The van der Waals surface area contributed by atoms with Crippen LogP contribution in [0.2, 0.25) is 0 Å². The van der Waals surface area contributed by atoms with Gasteiger partial charge in [-0.15, -0.1) is 0 Å². The van der Waals surface area contributed by atoms with E-state index in [1.54, 1.807) is 18.3 Å². The van der Waals surface area contributed by atoms with E-state index >= 15 is 0 Å². The highest BCUT2D eigenvalue weighted by molar-refractivity contribution is 5.64. The first-order valence-electron chi connectivity index (χ1n) is 10.3. The van der Waals surface area contributed by atoms with Crippen LogP contribution in [0.15, 0.2) is 77.4 Å². The maximum Gasteiger partial charge on any atom is 0.143 e. The van der Waals surface area contributed by atoms with E-state index in [0.29, 0.717) is 24.4 Å². The van der Waals surface area contributed by atoms with Gasteiger partial charge < -0.3 is 9.26 Å². The minimum Gasteiger partial charge on any atom is -0.487 e. The zero-order chi connectivity index (χ0) is 21.0. The summed E-state index contributed by atoms with van der Waals surface area (Å²) in [4.78, 5) is 6.60. The predicted molar refractivity (Wildman–Crippen MR) is 115 cm³/mol. The van der Waals surface area contributed by atoms with Crippen LogP contribution in [0.1, 0.15) is 22.6 Å². The average molecular weight is 415 g/mol. The number of halogens is 1. The van der Waals surface area contributed by atoms with E-state index in [2.05, 4.69) is 27.2 Å². The van der Waals surface area contributed by atoms with Crippen molar-refractivity contribution in [1.82, 2.24) is 15.0 Å². The van der Waals surface area contributed by atoms with E-state index in [0.717, 1.165) is 42.3 Å². The van der Waals surface area contributed by atoms with Crippen LogP contribution in [0.5, 0.6) is 5.75 Å². The van der Waals surface area contributed by atoms with Crippen molar-refractivity contribution in [3.05, 3.63) is 101 Å². The van der Waals surface area contributed by atoms with Crippen LogP contribution in [0.3, 0.4) is 0 Å². The molecule has 2 aromatic carbocycles. The van der Waals surface area contributed by atoms with Crippen LogP contribution < -0.4 is 4.74 Å². The fourth-order valence-corrected chi connectivity index (χ4v) is 3.85. The lowest BCUT2D eigenvalue weighted by molar-refractivity contribution is 0.228. The van der Waals surface area contributed by atoms with Crippen LogP contribution >= 0.6 is 0 Å². The molecule has 0 atom stereocenters. The minimum atomic E-state index is -0.281. The molecule has 0 amide bonds. The summed E-state index contributed by atoms with van der Waals surface area (Å²) in [6.07, 6.45) is 2.53. The molecule has 6 heteroatoms. The monoisotopic (exact) mass is 415 g/mol. The van der Waals surface area contributed by atoms with Gasteiger partial charge in [-0.1, -0.05) is 35.5 Å². The van der Waals surface area contributed by atoms with Crippen LogP contribution in [0.4, 0.5) is 4.39 Å². The number of hydrogen-bond donors (Lipinski definition) is 0. The van der Waals surface area contributed by atoms with Gasteiger partial charge in [0.1, 0.15) is 29.6 Å². The molecule has 0 saturated heterocycles. The van der Waals surface area contributed by atoms with Crippen LogP contribution in [0.25, 0.3) is 11.3 Å². The molecule has 0 saturated carbocycles. The van der Waals surface area contributed by atoms with Crippen molar-refractivity contribution in [3.8, 4) is 17.0 Å². The lowest BCUT2D eigenvalue weighted by atomic mass is 10.0.